The topological polar surface area (TPSA) is 71.8 Å². The average molecular weight is 494 g/mol. The van der Waals surface area contributed by atoms with E-state index in [-0.39, 0.29) is 11.9 Å². The van der Waals surface area contributed by atoms with E-state index < -0.39 is 24.3 Å². The van der Waals surface area contributed by atoms with Crippen LogP contribution in [-0.2, 0) is 31.7 Å². The molecule has 0 spiro atoms. The van der Waals surface area contributed by atoms with Crippen LogP contribution in [0.2, 0.25) is 0 Å². The fourth-order valence-electron chi connectivity index (χ4n) is 4.67. The lowest BCUT2D eigenvalue weighted by Gasteiger charge is -2.32. The van der Waals surface area contributed by atoms with Crippen molar-refractivity contribution < 1.29 is 28.0 Å². The lowest BCUT2D eigenvalue weighted by atomic mass is 9.78. The lowest BCUT2D eigenvalue weighted by molar-refractivity contribution is -0.0589. The van der Waals surface area contributed by atoms with E-state index in [1.54, 1.807) is 12.1 Å². The molecule has 3 heterocycles. The summed E-state index contributed by atoms with van der Waals surface area (Å²) in [6, 6.07) is 8.74. The van der Waals surface area contributed by atoms with Crippen molar-refractivity contribution in [2.75, 3.05) is 13.7 Å². The zero-order chi connectivity index (χ0) is 25.8. The van der Waals surface area contributed by atoms with Crippen molar-refractivity contribution in [1.29, 1.82) is 0 Å². The van der Waals surface area contributed by atoms with Gasteiger partial charge in [-0.3, -0.25) is 0 Å². The molecule has 7 nitrogen and oxygen atoms in total. The monoisotopic (exact) mass is 494 g/mol. The van der Waals surface area contributed by atoms with E-state index in [4.69, 9.17) is 23.8 Å². The minimum absolute atomic E-state index is 0.0886. The number of benzene rings is 2. The number of esters is 1. The number of nitrogens with zero attached hydrogens (tertiary/aromatic N) is 2. The predicted octanol–water partition coefficient (Wildman–Crippen LogP) is 3.95. The van der Waals surface area contributed by atoms with Gasteiger partial charge in [-0.05, 0) is 70.4 Å². The molecular formula is C27H32BFN2O5. The van der Waals surface area contributed by atoms with Gasteiger partial charge >= 0.3 is 13.1 Å². The molecule has 9 heteroatoms. The molecule has 0 radical (unpaired) electrons. The van der Waals surface area contributed by atoms with Crippen LogP contribution < -0.4 is 5.46 Å². The van der Waals surface area contributed by atoms with Crippen molar-refractivity contribution >= 4 is 29.6 Å². The summed E-state index contributed by atoms with van der Waals surface area (Å²) in [6.45, 7) is 11.1. The summed E-state index contributed by atoms with van der Waals surface area (Å²) < 4.78 is 40.0. The summed E-state index contributed by atoms with van der Waals surface area (Å²) in [5.41, 5.74) is 3.09. The zero-order valence-electron chi connectivity index (χ0n) is 21.7. The normalized spacial score (nSPS) is 20.5. The van der Waals surface area contributed by atoms with Crippen molar-refractivity contribution in [2.45, 2.75) is 71.3 Å². The standard InChI is InChI=1S/C27H32BFN2O5/c1-16-11-18(25(32)33-6)14-22-24(16)30-23(31(22)15-19-9-10-34-19)13-17-7-8-20(21(29)12-17)28-35-26(2,3)27(4,5)36-28/h7-8,11-12,14,19H,9-10,13,15H2,1-6H3/t19-/m0/s1. The predicted molar refractivity (Wildman–Crippen MR) is 135 cm³/mol. The highest BCUT2D eigenvalue weighted by Gasteiger charge is 2.52. The second-order valence-electron chi connectivity index (χ2n) is 10.7. The van der Waals surface area contributed by atoms with Gasteiger partial charge in [0.05, 0.1) is 47.6 Å². The van der Waals surface area contributed by atoms with Gasteiger partial charge in [0, 0.05) is 18.5 Å². The minimum Gasteiger partial charge on any atom is -0.465 e. The first kappa shape index (κ1) is 24.9. The lowest BCUT2D eigenvalue weighted by Crippen LogP contribution is -2.41. The number of aromatic nitrogens is 2. The summed E-state index contributed by atoms with van der Waals surface area (Å²) >= 11 is 0. The van der Waals surface area contributed by atoms with E-state index in [2.05, 4.69) is 4.57 Å². The Balaban J connectivity index is 1.48. The number of imidazole rings is 1. The van der Waals surface area contributed by atoms with E-state index in [1.165, 1.54) is 13.2 Å². The number of halogens is 1. The van der Waals surface area contributed by atoms with Crippen LogP contribution in [0.3, 0.4) is 0 Å². The van der Waals surface area contributed by atoms with Gasteiger partial charge in [0.15, 0.2) is 0 Å². The van der Waals surface area contributed by atoms with Gasteiger partial charge in [0.2, 0.25) is 0 Å². The number of hydrogen-bond acceptors (Lipinski definition) is 6. The first-order chi connectivity index (χ1) is 17.0. The Kier molecular flexibility index (Phi) is 6.21. The highest BCUT2D eigenvalue weighted by atomic mass is 19.1. The van der Waals surface area contributed by atoms with Crippen LogP contribution in [0.5, 0.6) is 0 Å². The van der Waals surface area contributed by atoms with Crippen LogP contribution in [0.25, 0.3) is 11.0 Å². The third kappa shape index (κ3) is 4.33. The molecule has 2 aliphatic heterocycles. The van der Waals surface area contributed by atoms with Crippen molar-refractivity contribution in [3.63, 3.8) is 0 Å². The number of carbonyl (C=O) groups is 1. The summed E-state index contributed by atoms with van der Waals surface area (Å²) in [6.07, 6.45) is 1.48. The highest BCUT2D eigenvalue weighted by molar-refractivity contribution is 6.62. The van der Waals surface area contributed by atoms with Crippen molar-refractivity contribution in [1.82, 2.24) is 9.55 Å². The van der Waals surface area contributed by atoms with Crippen LogP contribution in [-0.4, -0.2) is 53.7 Å². The molecule has 5 rings (SSSR count). The number of aryl methyl sites for hydroxylation is 1. The minimum atomic E-state index is -0.760. The maximum atomic E-state index is 15.3. The molecule has 2 fully saturated rings. The smallest absolute Gasteiger partial charge is 0.465 e. The van der Waals surface area contributed by atoms with Gasteiger partial charge in [-0.1, -0.05) is 12.1 Å². The SMILES string of the molecule is COC(=O)c1cc(C)c2nc(Cc3ccc(B4OC(C)(C)C(C)(C)O4)c(F)c3)n(C[C@@H]3CCO3)c2c1. The maximum absolute atomic E-state index is 15.3. The molecule has 190 valence electrons. The second kappa shape index (κ2) is 8.97. The fraction of sp³-hybridized carbons (Fsp3) is 0.481. The molecule has 2 aliphatic rings. The number of ether oxygens (including phenoxy) is 2. The number of hydrogen-bond donors (Lipinski definition) is 0. The third-order valence-corrected chi connectivity index (χ3v) is 7.66. The largest absolute Gasteiger partial charge is 0.497 e. The van der Waals surface area contributed by atoms with Gasteiger partial charge < -0.3 is 23.3 Å². The van der Waals surface area contributed by atoms with Gasteiger partial charge in [-0.2, -0.15) is 0 Å². The average Bonchev–Trinajstić information content (AvgIpc) is 3.22. The van der Waals surface area contributed by atoms with Crippen molar-refractivity contribution in [2.24, 2.45) is 0 Å². The van der Waals surface area contributed by atoms with Crippen LogP contribution in [0.4, 0.5) is 4.39 Å². The summed E-state index contributed by atoms with van der Waals surface area (Å²) in [5, 5.41) is 0. The number of carbonyl (C=O) groups excluding carboxylic acids is 1. The van der Waals surface area contributed by atoms with Gasteiger partial charge in [0.25, 0.3) is 0 Å². The van der Waals surface area contributed by atoms with Crippen molar-refractivity contribution in [3.8, 4) is 0 Å². The number of methoxy groups -OCH3 is 1. The Morgan fingerprint density at radius 2 is 1.89 bits per heavy atom. The molecule has 0 bridgehead atoms. The summed E-state index contributed by atoms with van der Waals surface area (Å²) in [7, 11) is 0.609. The molecule has 1 aromatic heterocycles. The molecule has 3 aromatic rings. The van der Waals surface area contributed by atoms with E-state index in [1.807, 2.05) is 46.8 Å². The molecule has 2 aromatic carbocycles. The Morgan fingerprint density at radius 3 is 2.47 bits per heavy atom. The zero-order valence-corrected chi connectivity index (χ0v) is 21.7. The molecule has 36 heavy (non-hydrogen) atoms. The van der Waals surface area contributed by atoms with Gasteiger partial charge in [-0.25, -0.2) is 14.2 Å². The molecule has 1 atom stereocenters. The summed E-state index contributed by atoms with van der Waals surface area (Å²) in [4.78, 5) is 17.1. The van der Waals surface area contributed by atoms with Crippen LogP contribution >= 0.6 is 0 Å². The Morgan fingerprint density at radius 1 is 1.19 bits per heavy atom. The van der Waals surface area contributed by atoms with Gasteiger partial charge in [0.1, 0.15) is 11.6 Å². The maximum Gasteiger partial charge on any atom is 0.497 e. The van der Waals surface area contributed by atoms with Crippen LogP contribution in [0.15, 0.2) is 30.3 Å². The second-order valence-corrected chi connectivity index (χ2v) is 10.7. The summed E-state index contributed by atoms with van der Waals surface area (Å²) in [5.74, 6) is 0.0168. The molecule has 0 amide bonds. The molecule has 0 saturated carbocycles. The van der Waals surface area contributed by atoms with E-state index in [0.29, 0.717) is 24.0 Å². The molecule has 2 saturated heterocycles. The first-order valence-electron chi connectivity index (χ1n) is 12.3. The van der Waals surface area contributed by atoms with Crippen molar-refractivity contribution in [3.05, 3.63) is 58.7 Å². The van der Waals surface area contributed by atoms with E-state index in [9.17, 15) is 4.79 Å². The molecule has 0 N–H and O–H groups in total. The van der Waals surface area contributed by atoms with Crippen LogP contribution in [0.1, 0.15) is 61.4 Å². The molecular weight excluding hydrogens is 462 g/mol. The fourth-order valence-corrected chi connectivity index (χ4v) is 4.67. The molecule has 0 unspecified atom stereocenters. The van der Waals surface area contributed by atoms with Gasteiger partial charge in [-0.15, -0.1) is 0 Å². The van der Waals surface area contributed by atoms with E-state index >= 15 is 4.39 Å². The third-order valence-electron chi connectivity index (χ3n) is 7.66. The number of rotatable bonds is 6. The van der Waals surface area contributed by atoms with Crippen LogP contribution in [0, 0.1) is 12.7 Å². The number of fused-ring (bicyclic) bond motifs is 1. The molecule has 0 aliphatic carbocycles. The Bertz CT molecular complexity index is 1320. The van der Waals surface area contributed by atoms with E-state index in [0.717, 1.165) is 41.0 Å². The Labute approximate surface area is 211 Å². The first-order valence-corrected chi connectivity index (χ1v) is 12.3. The Hall–Kier alpha value is -2.75. The highest BCUT2D eigenvalue weighted by Crippen LogP contribution is 2.36. The quantitative estimate of drug-likeness (QED) is 0.382.